The standard InChI is InChI=1S/C20H11F4NO/c21-16-3-1-2-13(9-16)19-14(11-25)8-15(20(22,23)24)10-18(19)12-4-6-17(26)7-5-12/h1-10,26H. The molecule has 0 atom stereocenters. The van der Waals surface area contributed by atoms with Gasteiger partial charge < -0.3 is 5.11 Å². The van der Waals surface area contributed by atoms with Gasteiger partial charge >= 0.3 is 6.18 Å². The Hall–Kier alpha value is -3.33. The van der Waals surface area contributed by atoms with Gasteiger partial charge in [-0.15, -0.1) is 0 Å². The molecular weight excluding hydrogens is 346 g/mol. The van der Waals surface area contributed by atoms with Crippen LogP contribution >= 0.6 is 0 Å². The van der Waals surface area contributed by atoms with Gasteiger partial charge in [0.15, 0.2) is 0 Å². The van der Waals surface area contributed by atoms with Gasteiger partial charge in [0.2, 0.25) is 0 Å². The molecule has 130 valence electrons. The highest BCUT2D eigenvalue weighted by atomic mass is 19.4. The van der Waals surface area contributed by atoms with Crippen molar-refractivity contribution < 1.29 is 22.7 Å². The Labute approximate surface area is 146 Å². The van der Waals surface area contributed by atoms with Crippen molar-refractivity contribution in [1.82, 2.24) is 0 Å². The predicted octanol–water partition coefficient (Wildman–Crippen LogP) is 5.76. The fraction of sp³-hybridized carbons (Fsp3) is 0.0500. The van der Waals surface area contributed by atoms with E-state index in [2.05, 4.69) is 0 Å². The normalized spacial score (nSPS) is 11.2. The molecule has 6 heteroatoms. The van der Waals surface area contributed by atoms with Gasteiger partial charge in [0.05, 0.1) is 17.2 Å². The van der Waals surface area contributed by atoms with Crippen molar-refractivity contribution in [2.24, 2.45) is 0 Å². The monoisotopic (exact) mass is 357 g/mol. The van der Waals surface area contributed by atoms with Crippen LogP contribution in [0.2, 0.25) is 0 Å². The maximum Gasteiger partial charge on any atom is 0.416 e. The van der Waals surface area contributed by atoms with E-state index in [9.17, 15) is 27.9 Å². The minimum Gasteiger partial charge on any atom is -0.508 e. The van der Waals surface area contributed by atoms with E-state index in [1.165, 1.54) is 42.5 Å². The largest absolute Gasteiger partial charge is 0.508 e. The van der Waals surface area contributed by atoms with E-state index in [4.69, 9.17) is 0 Å². The number of rotatable bonds is 2. The minimum absolute atomic E-state index is 0.0476. The molecule has 0 unspecified atom stereocenters. The summed E-state index contributed by atoms with van der Waals surface area (Å²) in [6.45, 7) is 0. The number of hydrogen-bond acceptors (Lipinski definition) is 2. The third-order valence-electron chi connectivity index (χ3n) is 3.88. The molecule has 0 amide bonds. The van der Waals surface area contributed by atoms with Crippen LogP contribution < -0.4 is 0 Å². The van der Waals surface area contributed by atoms with Crippen LogP contribution in [0.1, 0.15) is 11.1 Å². The second kappa shape index (κ2) is 6.52. The zero-order chi connectivity index (χ0) is 18.9. The molecule has 0 aliphatic carbocycles. The second-order valence-electron chi connectivity index (χ2n) is 5.61. The van der Waals surface area contributed by atoms with Crippen molar-refractivity contribution in [3.8, 4) is 34.1 Å². The zero-order valence-corrected chi connectivity index (χ0v) is 13.2. The third kappa shape index (κ3) is 3.38. The topological polar surface area (TPSA) is 44.0 Å². The minimum atomic E-state index is -4.64. The van der Waals surface area contributed by atoms with Crippen LogP contribution in [0.5, 0.6) is 5.75 Å². The van der Waals surface area contributed by atoms with Gasteiger partial charge in [-0.05, 0) is 53.1 Å². The molecule has 2 nitrogen and oxygen atoms in total. The smallest absolute Gasteiger partial charge is 0.416 e. The fourth-order valence-corrected chi connectivity index (χ4v) is 2.72. The molecule has 3 rings (SSSR count). The summed E-state index contributed by atoms with van der Waals surface area (Å²) < 4.78 is 53.4. The highest BCUT2D eigenvalue weighted by Crippen LogP contribution is 2.40. The molecule has 0 saturated carbocycles. The van der Waals surface area contributed by atoms with Gasteiger partial charge in [-0.3, -0.25) is 0 Å². The quantitative estimate of drug-likeness (QED) is 0.593. The number of phenolic OH excluding ortho intramolecular Hbond substituents is 1. The first-order valence-corrected chi connectivity index (χ1v) is 7.50. The lowest BCUT2D eigenvalue weighted by Gasteiger charge is -2.16. The third-order valence-corrected chi connectivity index (χ3v) is 3.88. The molecule has 26 heavy (non-hydrogen) atoms. The van der Waals surface area contributed by atoms with Crippen LogP contribution in [0.3, 0.4) is 0 Å². The van der Waals surface area contributed by atoms with Crippen LogP contribution in [0.4, 0.5) is 17.6 Å². The first-order valence-electron chi connectivity index (χ1n) is 7.50. The molecule has 0 radical (unpaired) electrons. The van der Waals surface area contributed by atoms with Crippen molar-refractivity contribution in [3.05, 3.63) is 77.6 Å². The fourth-order valence-electron chi connectivity index (χ4n) is 2.72. The van der Waals surface area contributed by atoms with Gasteiger partial charge in [0, 0.05) is 5.56 Å². The lowest BCUT2D eigenvalue weighted by atomic mass is 9.89. The van der Waals surface area contributed by atoms with E-state index >= 15 is 0 Å². The van der Waals surface area contributed by atoms with E-state index in [0.29, 0.717) is 11.1 Å². The molecule has 0 aliphatic heterocycles. The second-order valence-corrected chi connectivity index (χ2v) is 5.61. The van der Waals surface area contributed by atoms with E-state index < -0.39 is 17.6 Å². The average Bonchev–Trinajstić information content (AvgIpc) is 2.60. The summed E-state index contributed by atoms with van der Waals surface area (Å²) in [6, 6.07) is 14.3. The number of nitrogens with zero attached hydrogens (tertiary/aromatic N) is 1. The van der Waals surface area contributed by atoms with E-state index in [-0.39, 0.29) is 22.4 Å². The van der Waals surface area contributed by atoms with Gasteiger partial charge in [-0.2, -0.15) is 18.4 Å². The first kappa shape index (κ1) is 17.5. The number of hydrogen-bond donors (Lipinski definition) is 1. The van der Waals surface area contributed by atoms with Crippen molar-refractivity contribution in [1.29, 1.82) is 5.26 Å². The van der Waals surface area contributed by atoms with Crippen molar-refractivity contribution in [3.63, 3.8) is 0 Å². The summed E-state index contributed by atoms with van der Waals surface area (Å²) in [5.41, 5.74) is -0.207. The van der Waals surface area contributed by atoms with Gasteiger partial charge in [-0.25, -0.2) is 4.39 Å². The summed E-state index contributed by atoms with van der Waals surface area (Å²) in [5, 5.41) is 18.8. The van der Waals surface area contributed by atoms with Crippen molar-refractivity contribution >= 4 is 0 Å². The molecule has 0 spiro atoms. The Morgan fingerprint density at radius 1 is 0.885 bits per heavy atom. The van der Waals surface area contributed by atoms with E-state index in [0.717, 1.165) is 18.2 Å². The molecule has 0 aliphatic rings. The summed E-state index contributed by atoms with van der Waals surface area (Å²) in [5.74, 6) is -0.614. The summed E-state index contributed by atoms with van der Waals surface area (Å²) in [4.78, 5) is 0. The number of benzene rings is 3. The van der Waals surface area contributed by atoms with E-state index in [1.807, 2.05) is 0 Å². The lowest BCUT2D eigenvalue weighted by molar-refractivity contribution is -0.137. The molecule has 1 N–H and O–H groups in total. The average molecular weight is 357 g/mol. The molecule has 3 aromatic carbocycles. The van der Waals surface area contributed by atoms with Crippen LogP contribution in [0.25, 0.3) is 22.3 Å². The van der Waals surface area contributed by atoms with Gasteiger partial charge in [0.25, 0.3) is 0 Å². The maximum atomic E-state index is 13.6. The zero-order valence-electron chi connectivity index (χ0n) is 13.2. The molecule has 0 aromatic heterocycles. The predicted molar refractivity (Wildman–Crippen MR) is 88.7 cm³/mol. The maximum absolute atomic E-state index is 13.6. The highest BCUT2D eigenvalue weighted by Gasteiger charge is 2.32. The van der Waals surface area contributed by atoms with Crippen molar-refractivity contribution in [2.75, 3.05) is 0 Å². The molecule has 0 bridgehead atoms. The Balaban J connectivity index is 2.37. The van der Waals surface area contributed by atoms with Crippen LogP contribution in [0, 0.1) is 17.1 Å². The summed E-state index contributed by atoms with van der Waals surface area (Å²) in [6.07, 6.45) is -4.64. The Kier molecular flexibility index (Phi) is 4.39. The number of nitriles is 1. The molecule has 0 saturated heterocycles. The number of halogens is 4. The molecular formula is C20H11F4NO. The van der Waals surface area contributed by atoms with Gasteiger partial charge in [-0.1, -0.05) is 24.3 Å². The van der Waals surface area contributed by atoms with Gasteiger partial charge in [0.1, 0.15) is 11.6 Å². The van der Waals surface area contributed by atoms with Crippen molar-refractivity contribution in [2.45, 2.75) is 6.18 Å². The Morgan fingerprint density at radius 3 is 2.15 bits per heavy atom. The molecule has 0 fully saturated rings. The molecule has 0 heterocycles. The molecule has 3 aromatic rings. The SMILES string of the molecule is N#Cc1cc(C(F)(F)F)cc(-c2ccc(O)cc2)c1-c1cccc(F)c1. The van der Waals surface area contributed by atoms with Crippen LogP contribution in [0.15, 0.2) is 60.7 Å². The summed E-state index contributed by atoms with van der Waals surface area (Å²) >= 11 is 0. The van der Waals surface area contributed by atoms with E-state index in [1.54, 1.807) is 6.07 Å². The lowest BCUT2D eigenvalue weighted by Crippen LogP contribution is -2.07. The number of alkyl halides is 3. The van der Waals surface area contributed by atoms with Crippen LogP contribution in [-0.4, -0.2) is 5.11 Å². The Bertz CT molecular complexity index is 1000. The summed E-state index contributed by atoms with van der Waals surface area (Å²) in [7, 11) is 0. The number of phenols is 1. The Morgan fingerprint density at radius 2 is 1.58 bits per heavy atom. The number of aromatic hydroxyl groups is 1. The highest BCUT2D eigenvalue weighted by molar-refractivity contribution is 5.88. The first-order chi connectivity index (χ1) is 12.3. The van der Waals surface area contributed by atoms with Crippen LogP contribution in [-0.2, 0) is 6.18 Å².